The number of thiophene rings is 1. The van der Waals surface area contributed by atoms with E-state index in [0.717, 1.165) is 23.9 Å². The van der Waals surface area contributed by atoms with Crippen molar-refractivity contribution in [1.82, 2.24) is 9.88 Å². The van der Waals surface area contributed by atoms with Crippen molar-refractivity contribution in [2.45, 2.75) is 25.1 Å². The Morgan fingerprint density at radius 1 is 1.42 bits per heavy atom. The Bertz CT molecular complexity index is 704. The van der Waals surface area contributed by atoms with Gasteiger partial charge in [-0.05, 0) is 28.5 Å². The third kappa shape index (κ3) is 4.05. The lowest BCUT2D eigenvalue weighted by atomic mass is 10.2. The van der Waals surface area contributed by atoms with Gasteiger partial charge < -0.3 is 9.64 Å². The van der Waals surface area contributed by atoms with E-state index in [-0.39, 0.29) is 17.9 Å². The number of halogens is 3. The van der Waals surface area contributed by atoms with E-state index < -0.39 is 11.7 Å². The van der Waals surface area contributed by atoms with Gasteiger partial charge in [-0.3, -0.25) is 4.79 Å². The van der Waals surface area contributed by atoms with Crippen molar-refractivity contribution in [3.63, 3.8) is 0 Å². The predicted molar refractivity (Wildman–Crippen MR) is 82.9 cm³/mol. The summed E-state index contributed by atoms with van der Waals surface area (Å²) in [5.74, 6) is -0.0709. The van der Waals surface area contributed by atoms with Crippen LogP contribution in [0.3, 0.4) is 0 Å². The molecule has 0 saturated carbocycles. The fourth-order valence-electron chi connectivity index (χ4n) is 2.55. The highest BCUT2D eigenvalue weighted by Crippen LogP contribution is 2.31. The zero-order valence-corrected chi connectivity index (χ0v) is 13.4. The summed E-state index contributed by atoms with van der Waals surface area (Å²) in [5, 5.41) is 3.84. The number of hydrogen-bond donors (Lipinski definition) is 0. The number of alkyl halides is 3. The lowest BCUT2D eigenvalue weighted by Crippen LogP contribution is -2.32. The van der Waals surface area contributed by atoms with Crippen LogP contribution in [0.15, 0.2) is 35.2 Å². The normalized spacial score (nSPS) is 18.0. The van der Waals surface area contributed by atoms with Gasteiger partial charge in [0, 0.05) is 25.2 Å². The smallest absolute Gasteiger partial charge is 0.416 e. The Hall–Kier alpha value is -2.09. The molecule has 0 bridgehead atoms. The Balaban J connectivity index is 1.57. The maximum atomic E-state index is 12.7. The van der Waals surface area contributed by atoms with Crippen LogP contribution in [-0.2, 0) is 17.4 Å². The first-order valence-electron chi connectivity index (χ1n) is 7.40. The summed E-state index contributed by atoms with van der Waals surface area (Å²) in [7, 11) is 0. The monoisotopic (exact) mass is 356 g/mol. The Kier molecular flexibility index (Phi) is 4.75. The zero-order chi connectivity index (χ0) is 17.2. The molecule has 1 aliphatic rings. The van der Waals surface area contributed by atoms with Gasteiger partial charge >= 0.3 is 6.18 Å². The first-order valence-corrected chi connectivity index (χ1v) is 8.35. The molecule has 3 rings (SSSR count). The van der Waals surface area contributed by atoms with E-state index in [1.165, 1.54) is 11.3 Å². The molecule has 0 aromatic carbocycles. The molecule has 0 radical (unpaired) electrons. The SMILES string of the molecule is O=C(Cc1ccsc1)N1CCC(Oc2cc(C(F)(F)F)ccn2)C1. The summed E-state index contributed by atoms with van der Waals surface area (Å²) in [6.07, 6.45) is -2.79. The topological polar surface area (TPSA) is 42.4 Å². The van der Waals surface area contributed by atoms with Gasteiger partial charge in [0.05, 0.1) is 18.5 Å². The van der Waals surface area contributed by atoms with Crippen molar-refractivity contribution in [2.24, 2.45) is 0 Å². The summed E-state index contributed by atoms with van der Waals surface area (Å²) in [6, 6.07) is 3.69. The number of nitrogens with zero attached hydrogens (tertiary/aromatic N) is 2. The van der Waals surface area contributed by atoms with Crippen molar-refractivity contribution in [2.75, 3.05) is 13.1 Å². The highest BCUT2D eigenvalue weighted by Gasteiger charge is 2.32. The van der Waals surface area contributed by atoms with Gasteiger partial charge in [0.1, 0.15) is 6.10 Å². The summed E-state index contributed by atoms with van der Waals surface area (Å²) in [6.45, 7) is 0.896. The second kappa shape index (κ2) is 6.80. The van der Waals surface area contributed by atoms with Crippen molar-refractivity contribution in [1.29, 1.82) is 0 Å². The average molecular weight is 356 g/mol. The van der Waals surface area contributed by atoms with E-state index in [2.05, 4.69) is 4.98 Å². The van der Waals surface area contributed by atoms with Gasteiger partial charge in [0.2, 0.25) is 11.8 Å². The molecule has 0 spiro atoms. The highest BCUT2D eigenvalue weighted by atomic mass is 32.1. The van der Waals surface area contributed by atoms with E-state index >= 15 is 0 Å². The lowest BCUT2D eigenvalue weighted by molar-refractivity contribution is -0.137. The second-order valence-corrected chi connectivity index (χ2v) is 6.34. The molecule has 4 nitrogen and oxygen atoms in total. The first-order chi connectivity index (χ1) is 11.4. The van der Waals surface area contributed by atoms with Crippen LogP contribution >= 0.6 is 11.3 Å². The molecule has 1 atom stereocenters. The zero-order valence-electron chi connectivity index (χ0n) is 12.6. The van der Waals surface area contributed by atoms with Crippen LogP contribution in [-0.4, -0.2) is 35.0 Å². The molecule has 128 valence electrons. The van der Waals surface area contributed by atoms with Gasteiger partial charge in [-0.25, -0.2) is 4.98 Å². The summed E-state index contributed by atoms with van der Waals surface area (Å²) in [4.78, 5) is 17.7. The average Bonchev–Trinajstić information content (AvgIpc) is 3.18. The predicted octanol–water partition coefficient (Wildman–Crippen LogP) is 3.38. The molecular weight excluding hydrogens is 341 g/mol. The standard InChI is InChI=1S/C16H15F3N2O2S/c17-16(18,19)12-1-4-20-14(8-12)23-13-2-5-21(9-13)15(22)7-11-3-6-24-10-11/h1,3-4,6,8,10,13H,2,5,7,9H2. The van der Waals surface area contributed by atoms with E-state index in [0.29, 0.717) is 25.9 Å². The number of carbonyl (C=O) groups excluding carboxylic acids is 1. The van der Waals surface area contributed by atoms with Gasteiger partial charge in [-0.1, -0.05) is 0 Å². The Morgan fingerprint density at radius 3 is 2.96 bits per heavy atom. The minimum atomic E-state index is -4.43. The number of hydrogen-bond acceptors (Lipinski definition) is 4. The number of aromatic nitrogens is 1. The fraction of sp³-hybridized carbons (Fsp3) is 0.375. The fourth-order valence-corrected chi connectivity index (χ4v) is 3.22. The van der Waals surface area contributed by atoms with E-state index in [9.17, 15) is 18.0 Å². The molecule has 1 aliphatic heterocycles. The van der Waals surface area contributed by atoms with Crippen LogP contribution in [0.4, 0.5) is 13.2 Å². The molecule has 1 saturated heterocycles. The third-order valence-electron chi connectivity index (χ3n) is 3.78. The molecule has 0 aliphatic carbocycles. The number of likely N-dealkylation sites (tertiary alicyclic amines) is 1. The minimum absolute atomic E-state index is 0.00324. The lowest BCUT2D eigenvalue weighted by Gasteiger charge is -2.17. The Morgan fingerprint density at radius 2 is 2.25 bits per heavy atom. The molecule has 24 heavy (non-hydrogen) atoms. The molecule has 3 heterocycles. The van der Waals surface area contributed by atoms with E-state index in [4.69, 9.17) is 4.74 Å². The van der Waals surface area contributed by atoms with Crippen LogP contribution < -0.4 is 4.74 Å². The van der Waals surface area contributed by atoms with Crippen LogP contribution in [0.5, 0.6) is 5.88 Å². The minimum Gasteiger partial charge on any atom is -0.472 e. The number of ether oxygens (including phenoxy) is 1. The first kappa shape index (κ1) is 16.8. The largest absolute Gasteiger partial charge is 0.472 e. The van der Waals surface area contributed by atoms with E-state index in [1.807, 2.05) is 16.8 Å². The van der Waals surface area contributed by atoms with Gasteiger partial charge in [0.15, 0.2) is 0 Å². The molecule has 2 aromatic rings. The number of pyridine rings is 1. The second-order valence-electron chi connectivity index (χ2n) is 5.56. The Labute approximate surface area is 140 Å². The highest BCUT2D eigenvalue weighted by molar-refractivity contribution is 7.07. The van der Waals surface area contributed by atoms with Crippen LogP contribution in [0.2, 0.25) is 0 Å². The molecule has 1 fully saturated rings. The van der Waals surface area contributed by atoms with Crippen LogP contribution in [0, 0.1) is 0 Å². The molecule has 1 amide bonds. The maximum absolute atomic E-state index is 12.7. The molecule has 0 N–H and O–H groups in total. The summed E-state index contributed by atoms with van der Waals surface area (Å²) in [5.41, 5.74) is 0.171. The summed E-state index contributed by atoms with van der Waals surface area (Å²) >= 11 is 1.53. The van der Waals surface area contributed by atoms with Crippen molar-refractivity contribution < 1.29 is 22.7 Å². The van der Waals surface area contributed by atoms with Gasteiger partial charge in [0.25, 0.3) is 0 Å². The molecule has 2 aromatic heterocycles. The van der Waals surface area contributed by atoms with Crippen LogP contribution in [0.25, 0.3) is 0 Å². The van der Waals surface area contributed by atoms with Gasteiger partial charge in [-0.15, -0.1) is 0 Å². The van der Waals surface area contributed by atoms with Crippen molar-refractivity contribution in [3.8, 4) is 5.88 Å². The number of rotatable bonds is 4. The van der Waals surface area contributed by atoms with Crippen molar-refractivity contribution in [3.05, 3.63) is 46.3 Å². The third-order valence-corrected chi connectivity index (χ3v) is 4.51. The molecule has 1 unspecified atom stereocenters. The quantitative estimate of drug-likeness (QED) is 0.843. The van der Waals surface area contributed by atoms with E-state index in [1.54, 1.807) is 4.90 Å². The van der Waals surface area contributed by atoms with Crippen LogP contribution in [0.1, 0.15) is 17.5 Å². The molecule has 8 heteroatoms. The number of amides is 1. The van der Waals surface area contributed by atoms with Crippen molar-refractivity contribution >= 4 is 17.2 Å². The van der Waals surface area contributed by atoms with Gasteiger partial charge in [-0.2, -0.15) is 24.5 Å². The summed E-state index contributed by atoms with van der Waals surface area (Å²) < 4.78 is 43.6. The maximum Gasteiger partial charge on any atom is 0.416 e. The molecular formula is C16H15F3N2O2S. The number of carbonyl (C=O) groups is 1.